The van der Waals surface area contributed by atoms with Crippen molar-refractivity contribution in [2.75, 3.05) is 26.7 Å². The van der Waals surface area contributed by atoms with E-state index in [-0.39, 0.29) is 0 Å². The van der Waals surface area contributed by atoms with Gasteiger partial charge < -0.3 is 15.0 Å². The van der Waals surface area contributed by atoms with Crippen molar-refractivity contribution in [3.05, 3.63) is 24.0 Å². The Balaban J connectivity index is 1.72. The van der Waals surface area contributed by atoms with Crippen LogP contribution < -0.4 is 10.1 Å². The molecule has 1 aromatic rings. The van der Waals surface area contributed by atoms with Crippen LogP contribution in [0.5, 0.6) is 5.75 Å². The maximum atomic E-state index is 5.89. The number of aromatic nitrogens is 1. The van der Waals surface area contributed by atoms with Gasteiger partial charge in [-0.15, -0.1) is 0 Å². The summed E-state index contributed by atoms with van der Waals surface area (Å²) >= 11 is 0. The van der Waals surface area contributed by atoms with Gasteiger partial charge in [0.1, 0.15) is 5.75 Å². The molecule has 0 spiro atoms. The molecule has 1 atom stereocenters. The molecule has 4 heteroatoms. The molecular weight excluding hydrogens is 262 g/mol. The minimum atomic E-state index is 0.660. The lowest BCUT2D eigenvalue weighted by molar-refractivity contribution is 0.233. The molecule has 0 bridgehead atoms. The highest BCUT2D eigenvalue weighted by Gasteiger charge is 2.20. The third-order valence-electron chi connectivity index (χ3n) is 4.04. The lowest BCUT2D eigenvalue weighted by Gasteiger charge is -2.19. The molecule has 4 nitrogen and oxygen atoms in total. The molecule has 21 heavy (non-hydrogen) atoms. The molecule has 0 radical (unpaired) electrons. The summed E-state index contributed by atoms with van der Waals surface area (Å²) in [6.45, 7) is 8.25. The van der Waals surface area contributed by atoms with Gasteiger partial charge in [-0.2, -0.15) is 0 Å². The van der Waals surface area contributed by atoms with Crippen LogP contribution in [0.1, 0.15) is 38.8 Å². The normalized spacial score (nSPS) is 19.3. The highest BCUT2D eigenvalue weighted by atomic mass is 16.5. The summed E-state index contributed by atoms with van der Waals surface area (Å²) in [5, 5.41) is 3.41. The lowest BCUT2D eigenvalue weighted by Crippen LogP contribution is -2.26. The molecule has 1 unspecified atom stereocenters. The van der Waals surface area contributed by atoms with Gasteiger partial charge in [-0.05, 0) is 51.4 Å². The van der Waals surface area contributed by atoms with E-state index < -0.39 is 0 Å². The van der Waals surface area contributed by atoms with Gasteiger partial charge in [0.2, 0.25) is 0 Å². The van der Waals surface area contributed by atoms with Crippen LogP contribution in [0, 0.1) is 5.92 Å². The number of rotatable bonds is 8. The topological polar surface area (TPSA) is 37.4 Å². The minimum Gasteiger partial charge on any atom is -0.493 e. The third-order valence-corrected chi connectivity index (χ3v) is 4.04. The number of pyridine rings is 1. The predicted molar refractivity (Wildman–Crippen MR) is 86.5 cm³/mol. The van der Waals surface area contributed by atoms with Crippen LogP contribution in [0.3, 0.4) is 0 Å². The van der Waals surface area contributed by atoms with Crippen molar-refractivity contribution < 1.29 is 4.74 Å². The summed E-state index contributed by atoms with van der Waals surface area (Å²) in [6, 6.07) is 4.69. The second kappa shape index (κ2) is 8.35. The first kappa shape index (κ1) is 16.2. The number of hydrogen-bond acceptors (Lipinski definition) is 4. The van der Waals surface area contributed by atoms with Gasteiger partial charge >= 0.3 is 0 Å². The Morgan fingerprint density at radius 3 is 3.05 bits per heavy atom. The molecule has 0 amide bonds. The maximum absolute atomic E-state index is 5.89. The number of likely N-dealkylation sites (tertiary alicyclic amines) is 1. The number of nitrogens with zero attached hydrogens (tertiary/aromatic N) is 2. The van der Waals surface area contributed by atoms with Gasteiger partial charge in [0.05, 0.1) is 12.3 Å². The molecular formula is C17H29N3O. The highest BCUT2D eigenvalue weighted by Crippen LogP contribution is 2.18. The van der Waals surface area contributed by atoms with Gasteiger partial charge in [0.15, 0.2) is 0 Å². The number of ether oxygens (including phenoxy) is 1. The van der Waals surface area contributed by atoms with Crippen LogP contribution in [0.25, 0.3) is 0 Å². The molecule has 1 fully saturated rings. The number of hydrogen-bond donors (Lipinski definition) is 1. The molecule has 2 rings (SSSR count). The second-order valence-electron chi connectivity index (χ2n) is 6.42. The summed E-state index contributed by atoms with van der Waals surface area (Å²) in [6.07, 6.45) is 5.58. The van der Waals surface area contributed by atoms with Crippen LogP contribution in [0.15, 0.2) is 18.3 Å². The zero-order valence-electron chi connectivity index (χ0n) is 13.6. The molecule has 1 aliphatic rings. The van der Waals surface area contributed by atoms with Crippen LogP contribution >= 0.6 is 0 Å². The third kappa shape index (κ3) is 5.64. The van der Waals surface area contributed by atoms with Crippen LogP contribution in [0.4, 0.5) is 0 Å². The van der Waals surface area contributed by atoms with Gasteiger partial charge in [-0.25, -0.2) is 0 Å². The van der Waals surface area contributed by atoms with Crippen molar-refractivity contribution in [3.8, 4) is 5.75 Å². The Kier molecular flexibility index (Phi) is 6.46. The first-order valence-electron chi connectivity index (χ1n) is 8.14. The van der Waals surface area contributed by atoms with Crippen LogP contribution in [-0.4, -0.2) is 42.7 Å². The molecule has 1 aliphatic heterocycles. The van der Waals surface area contributed by atoms with E-state index in [0.717, 1.165) is 37.6 Å². The van der Waals surface area contributed by atoms with Crippen molar-refractivity contribution in [2.45, 2.75) is 45.7 Å². The molecule has 1 aromatic heterocycles. The van der Waals surface area contributed by atoms with E-state index in [1.807, 2.05) is 18.3 Å². The maximum Gasteiger partial charge on any atom is 0.122 e. The van der Waals surface area contributed by atoms with E-state index in [4.69, 9.17) is 4.74 Å². The first-order valence-corrected chi connectivity index (χ1v) is 8.14. The van der Waals surface area contributed by atoms with Crippen molar-refractivity contribution in [1.29, 1.82) is 0 Å². The Morgan fingerprint density at radius 1 is 1.48 bits per heavy atom. The van der Waals surface area contributed by atoms with E-state index in [0.29, 0.717) is 12.0 Å². The smallest absolute Gasteiger partial charge is 0.122 e. The molecule has 1 saturated heterocycles. The molecule has 0 saturated carbocycles. The summed E-state index contributed by atoms with van der Waals surface area (Å²) in [5.74, 6) is 1.60. The molecule has 2 heterocycles. The molecule has 0 aliphatic carbocycles. The largest absolute Gasteiger partial charge is 0.493 e. The van der Waals surface area contributed by atoms with Gasteiger partial charge in [-0.1, -0.05) is 13.8 Å². The van der Waals surface area contributed by atoms with E-state index in [9.17, 15) is 0 Å². The molecule has 0 aromatic carbocycles. The van der Waals surface area contributed by atoms with Crippen molar-refractivity contribution >= 4 is 0 Å². The average Bonchev–Trinajstić information content (AvgIpc) is 2.85. The Morgan fingerprint density at radius 2 is 2.33 bits per heavy atom. The summed E-state index contributed by atoms with van der Waals surface area (Å²) < 4.78 is 5.89. The van der Waals surface area contributed by atoms with Gasteiger partial charge in [-0.3, -0.25) is 4.98 Å². The second-order valence-corrected chi connectivity index (χ2v) is 6.42. The van der Waals surface area contributed by atoms with Gasteiger partial charge in [0, 0.05) is 24.8 Å². The SMILES string of the molecule is CC(C)CNCc1cc(OCCC2CCCN2C)ccn1. The average molecular weight is 291 g/mol. The zero-order valence-corrected chi connectivity index (χ0v) is 13.6. The standard InChI is InChI=1S/C17H29N3O/c1-14(2)12-18-13-15-11-17(6-8-19-15)21-10-7-16-5-4-9-20(16)3/h6,8,11,14,16,18H,4-5,7,9-10,12-13H2,1-3H3. The van der Waals surface area contributed by atoms with Crippen LogP contribution in [-0.2, 0) is 6.54 Å². The number of nitrogens with one attached hydrogen (secondary N) is 1. The van der Waals surface area contributed by atoms with Crippen molar-refractivity contribution in [1.82, 2.24) is 15.2 Å². The lowest BCUT2D eigenvalue weighted by atomic mass is 10.1. The van der Waals surface area contributed by atoms with E-state index >= 15 is 0 Å². The Bertz CT molecular complexity index is 422. The predicted octanol–water partition coefficient (Wildman–Crippen LogP) is 2.69. The summed E-state index contributed by atoms with van der Waals surface area (Å²) in [7, 11) is 2.21. The fraction of sp³-hybridized carbons (Fsp3) is 0.706. The van der Waals surface area contributed by atoms with E-state index in [1.165, 1.54) is 19.4 Å². The quantitative estimate of drug-likeness (QED) is 0.799. The van der Waals surface area contributed by atoms with E-state index in [1.54, 1.807) is 0 Å². The van der Waals surface area contributed by atoms with Crippen molar-refractivity contribution in [3.63, 3.8) is 0 Å². The molecule has 118 valence electrons. The summed E-state index contributed by atoms with van der Waals surface area (Å²) in [5.41, 5.74) is 1.05. The Hall–Kier alpha value is -1.13. The Labute approximate surface area is 128 Å². The van der Waals surface area contributed by atoms with Crippen LogP contribution in [0.2, 0.25) is 0 Å². The fourth-order valence-corrected chi connectivity index (χ4v) is 2.79. The van der Waals surface area contributed by atoms with Crippen molar-refractivity contribution in [2.24, 2.45) is 5.92 Å². The molecule has 1 N–H and O–H groups in total. The van der Waals surface area contributed by atoms with E-state index in [2.05, 4.69) is 36.1 Å². The van der Waals surface area contributed by atoms with Gasteiger partial charge in [0.25, 0.3) is 0 Å². The highest BCUT2D eigenvalue weighted by molar-refractivity contribution is 5.22. The first-order chi connectivity index (χ1) is 10.1. The zero-order chi connectivity index (χ0) is 15.1. The summed E-state index contributed by atoms with van der Waals surface area (Å²) in [4.78, 5) is 6.82. The fourth-order valence-electron chi connectivity index (χ4n) is 2.79. The monoisotopic (exact) mass is 291 g/mol. The minimum absolute atomic E-state index is 0.660.